The van der Waals surface area contributed by atoms with Gasteiger partial charge in [0, 0.05) is 25.0 Å². The third-order valence-corrected chi connectivity index (χ3v) is 4.75. The molecule has 0 aromatic rings. The standard InChI is InChI=1S/C17H31N3O2/c1-11(2)9-15(21)19-16(12(3)4)17(22)20-13-5-6-14(20)10-18-8-7-13/h11-14,16,18H,5-10H2,1-4H3,(H,19,21). The molecule has 0 radical (unpaired) electrons. The van der Waals surface area contributed by atoms with E-state index in [4.69, 9.17) is 0 Å². The molecule has 2 aliphatic rings. The van der Waals surface area contributed by atoms with Crippen LogP contribution in [0.25, 0.3) is 0 Å². The quantitative estimate of drug-likeness (QED) is 0.809. The largest absolute Gasteiger partial charge is 0.344 e. The van der Waals surface area contributed by atoms with Crippen molar-refractivity contribution in [1.29, 1.82) is 0 Å². The van der Waals surface area contributed by atoms with Crippen molar-refractivity contribution in [2.45, 2.75) is 71.5 Å². The zero-order valence-electron chi connectivity index (χ0n) is 14.4. The number of fused-ring (bicyclic) bond motifs is 2. The first kappa shape index (κ1) is 17.3. The van der Waals surface area contributed by atoms with Crippen molar-refractivity contribution in [3.63, 3.8) is 0 Å². The number of carbonyl (C=O) groups is 2. The summed E-state index contributed by atoms with van der Waals surface area (Å²) in [6.07, 6.45) is 3.68. The first-order valence-corrected chi connectivity index (χ1v) is 8.72. The zero-order chi connectivity index (χ0) is 16.3. The van der Waals surface area contributed by atoms with Crippen LogP contribution in [-0.2, 0) is 9.59 Å². The maximum Gasteiger partial charge on any atom is 0.245 e. The molecule has 2 saturated heterocycles. The lowest BCUT2D eigenvalue weighted by atomic mass is 10.0. The number of nitrogens with one attached hydrogen (secondary N) is 2. The molecule has 2 N–H and O–H groups in total. The third-order valence-electron chi connectivity index (χ3n) is 4.75. The Morgan fingerprint density at radius 1 is 1.14 bits per heavy atom. The van der Waals surface area contributed by atoms with Crippen LogP contribution in [0.2, 0.25) is 0 Å². The second-order valence-electron chi connectivity index (χ2n) is 7.51. The highest BCUT2D eigenvalue weighted by Gasteiger charge is 2.41. The monoisotopic (exact) mass is 309 g/mol. The number of hydrogen-bond donors (Lipinski definition) is 2. The van der Waals surface area contributed by atoms with E-state index in [1.807, 2.05) is 27.7 Å². The van der Waals surface area contributed by atoms with Gasteiger partial charge < -0.3 is 15.5 Å². The van der Waals surface area contributed by atoms with Crippen LogP contribution in [-0.4, -0.2) is 47.9 Å². The molecule has 3 unspecified atom stereocenters. The lowest BCUT2D eigenvalue weighted by Gasteiger charge is -2.33. The van der Waals surface area contributed by atoms with Gasteiger partial charge in [-0.3, -0.25) is 9.59 Å². The Morgan fingerprint density at radius 3 is 2.45 bits per heavy atom. The van der Waals surface area contributed by atoms with E-state index in [-0.39, 0.29) is 17.7 Å². The SMILES string of the molecule is CC(C)CC(=O)NC(C(=O)N1C2CCNCC1CC2)C(C)C. The van der Waals surface area contributed by atoms with Crippen molar-refractivity contribution in [1.82, 2.24) is 15.5 Å². The Balaban J connectivity index is 2.07. The molecule has 0 aromatic heterocycles. The molecule has 2 bridgehead atoms. The van der Waals surface area contributed by atoms with Gasteiger partial charge in [0.05, 0.1) is 0 Å². The van der Waals surface area contributed by atoms with Crippen LogP contribution in [0, 0.1) is 11.8 Å². The van der Waals surface area contributed by atoms with Crippen LogP contribution in [0.15, 0.2) is 0 Å². The van der Waals surface area contributed by atoms with Crippen LogP contribution in [0.3, 0.4) is 0 Å². The summed E-state index contributed by atoms with van der Waals surface area (Å²) in [5.74, 6) is 0.520. The molecule has 0 spiro atoms. The van der Waals surface area contributed by atoms with Gasteiger partial charge in [-0.25, -0.2) is 0 Å². The van der Waals surface area contributed by atoms with E-state index in [9.17, 15) is 9.59 Å². The lowest BCUT2D eigenvalue weighted by molar-refractivity contribution is -0.140. The molecule has 2 heterocycles. The summed E-state index contributed by atoms with van der Waals surface area (Å²) in [6.45, 7) is 9.93. The topological polar surface area (TPSA) is 61.4 Å². The molecule has 2 amide bonds. The molecule has 2 rings (SSSR count). The van der Waals surface area contributed by atoms with E-state index in [1.165, 1.54) is 0 Å². The summed E-state index contributed by atoms with van der Waals surface area (Å²) >= 11 is 0. The van der Waals surface area contributed by atoms with E-state index in [0.717, 1.165) is 32.4 Å². The number of amides is 2. The van der Waals surface area contributed by atoms with E-state index in [0.29, 0.717) is 24.4 Å². The van der Waals surface area contributed by atoms with Crippen molar-refractivity contribution in [3.8, 4) is 0 Å². The van der Waals surface area contributed by atoms with Crippen LogP contribution >= 0.6 is 0 Å². The number of nitrogens with zero attached hydrogens (tertiary/aromatic N) is 1. The molecule has 2 aliphatic heterocycles. The van der Waals surface area contributed by atoms with Crippen molar-refractivity contribution in [2.75, 3.05) is 13.1 Å². The average Bonchev–Trinajstić information content (AvgIpc) is 2.67. The first-order chi connectivity index (χ1) is 10.4. The normalized spacial score (nSPS) is 26.2. The van der Waals surface area contributed by atoms with Crippen LogP contribution in [0.5, 0.6) is 0 Å². The van der Waals surface area contributed by atoms with Crippen molar-refractivity contribution >= 4 is 11.8 Å². The fourth-order valence-corrected chi connectivity index (χ4v) is 3.62. The molecule has 126 valence electrons. The minimum Gasteiger partial charge on any atom is -0.344 e. The Labute approximate surface area is 134 Å². The van der Waals surface area contributed by atoms with E-state index < -0.39 is 6.04 Å². The van der Waals surface area contributed by atoms with E-state index >= 15 is 0 Å². The molecule has 0 aromatic carbocycles. The van der Waals surface area contributed by atoms with Crippen LogP contribution in [0.4, 0.5) is 0 Å². The molecule has 2 fully saturated rings. The maximum absolute atomic E-state index is 13.1. The predicted octanol–water partition coefficient (Wildman–Crippen LogP) is 1.53. The summed E-state index contributed by atoms with van der Waals surface area (Å²) in [5.41, 5.74) is 0. The van der Waals surface area contributed by atoms with Gasteiger partial charge in [0.15, 0.2) is 0 Å². The highest BCUT2D eigenvalue weighted by atomic mass is 16.2. The Morgan fingerprint density at radius 2 is 1.82 bits per heavy atom. The summed E-state index contributed by atoms with van der Waals surface area (Å²) in [5, 5.41) is 6.40. The highest BCUT2D eigenvalue weighted by molar-refractivity contribution is 5.88. The third kappa shape index (κ3) is 4.00. The smallest absolute Gasteiger partial charge is 0.245 e. The van der Waals surface area contributed by atoms with Gasteiger partial charge in [-0.15, -0.1) is 0 Å². The second-order valence-corrected chi connectivity index (χ2v) is 7.51. The van der Waals surface area contributed by atoms with Gasteiger partial charge in [0.25, 0.3) is 0 Å². The van der Waals surface area contributed by atoms with Crippen LogP contribution in [0.1, 0.15) is 53.4 Å². The van der Waals surface area contributed by atoms with Crippen LogP contribution < -0.4 is 10.6 Å². The number of rotatable bonds is 5. The van der Waals surface area contributed by atoms with Gasteiger partial charge in [0.2, 0.25) is 11.8 Å². The maximum atomic E-state index is 13.1. The predicted molar refractivity (Wildman–Crippen MR) is 87.4 cm³/mol. The zero-order valence-corrected chi connectivity index (χ0v) is 14.4. The first-order valence-electron chi connectivity index (χ1n) is 8.72. The number of hydrogen-bond acceptors (Lipinski definition) is 3. The molecular weight excluding hydrogens is 278 g/mol. The van der Waals surface area contributed by atoms with Gasteiger partial charge in [-0.05, 0) is 37.6 Å². The second kappa shape index (κ2) is 7.44. The molecular formula is C17H31N3O2. The lowest BCUT2D eigenvalue weighted by Crippen LogP contribution is -2.55. The molecule has 22 heavy (non-hydrogen) atoms. The summed E-state index contributed by atoms with van der Waals surface area (Å²) in [4.78, 5) is 27.2. The van der Waals surface area contributed by atoms with Gasteiger partial charge in [-0.1, -0.05) is 27.7 Å². The molecule has 5 nitrogen and oxygen atoms in total. The summed E-state index contributed by atoms with van der Waals surface area (Å²) in [6, 6.07) is 0.242. The highest BCUT2D eigenvalue weighted by Crippen LogP contribution is 2.29. The molecule has 0 aliphatic carbocycles. The molecule has 0 saturated carbocycles. The summed E-state index contributed by atoms with van der Waals surface area (Å²) < 4.78 is 0. The minimum atomic E-state index is -0.396. The van der Waals surface area contributed by atoms with Gasteiger partial charge in [0.1, 0.15) is 6.04 Å². The van der Waals surface area contributed by atoms with Gasteiger partial charge in [-0.2, -0.15) is 0 Å². The Kier molecular flexibility index (Phi) is 5.84. The van der Waals surface area contributed by atoms with E-state index in [2.05, 4.69) is 15.5 Å². The average molecular weight is 309 g/mol. The van der Waals surface area contributed by atoms with Gasteiger partial charge >= 0.3 is 0 Å². The fourth-order valence-electron chi connectivity index (χ4n) is 3.62. The van der Waals surface area contributed by atoms with Crippen molar-refractivity contribution < 1.29 is 9.59 Å². The van der Waals surface area contributed by atoms with E-state index in [1.54, 1.807) is 0 Å². The van der Waals surface area contributed by atoms with Crippen molar-refractivity contribution in [2.24, 2.45) is 11.8 Å². The van der Waals surface area contributed by atoms with Crippen molar-refractivity contribution in [3.05, 3.63) is 0 Å². The summed E-state index contributed by atoms with van der Waals surface area (Å²) in [7, 11) is 0. The minimum absolute atomic E-state index is 0.0117. The Hall–Kier alpha value is -1.10. The fraction of sp³-hybridized carbons (Fsp3) is 0.882. The number of carbonyl (C=O) groups excluding carboxylic acids is 2. The molecule has 5 heteroatoms. The molecule has 3 atom stereocenters. The Bertz CT molecular complexity index is 395.